The van der Waals surface area contributed by atoms with Crippen LogP contribution in [0.4, 0.5) is 0 Å². The molecule has 0 saturated heterocycles. The Hall–Kier alpha value is -0.720. The maximum atomic E-state index is 11.9. The molecule has 0 aromatic heterocycles. The zero-order chi connectivity index (χ0) is 13.2. The van der Waals surface area contributed by atoms with Crippen molar-refractivity contribution in [2.75, 3.05) is 20.2 Å². The van der Waals surface area contributed by atoms with Crippen molar-refractivity contribution in [2.24, 2.45) is 11.7 Å². The Labute approximate surface area is 99.5 Å². The summed E-state index contributed by atoms with van der Waals surface area (Å²) < 4.78 is 15.0. The smallest absolute Gasteiger partial charge is 0.371 e. The molecule has 98 valence electrons. The van der Waals surface area contributed by atoms with Crippen LogP contribution >= 0.6 is 7.82 Å². The molecule has 8 heteroatoms. The van der Waals surface area contributed by atoms with Gasteiger partial charge in [-0.3, -0.25) is 9.32 Å². The number of rotatable bonds is 4. The molecule has 0 bridgehead atoms. The van der Waals surface area contributed by atoms with E-state index in [1.165, 1.54) is 0 Å². The van der Waals surface area contributed by atoms with Crippen molar-refractivity contribution in [3.8, 4) is 0 Å². The molecule has 0 radical (unpaired) electrons. The van der Waals surface area contributed by atoms with Gasteiger partial charge in [0.15, 0.2) is 5.78 Å². The highest BCUT2D eigenvalue weighted by Gasteiger charge is 2.33. The number of Topliss-reactive ketones (excluding diaryl/α,β-unsaturated/α-hetero) is 1. The van der Waals surface area contributed by atoms with E-state index in [1.807, 2.05) is 0 Å². The van der Waals surface area contributed by atoms with Crippen LogP contribution in [0.5, 0.6) is 0 Å². The molecule has 4 N–H and O–H groups in total. The Bertz CT molecular complexity index is 378. The zero-order valence-electron chi connectivity index (χ0n) is 9.74. The van der Waals surface area contributed by atoms with Gasteiger partial charge in [0.1, 0.15) is 0 Å². The van der Waals surface area contributed by atoms with Crippen LogP contribution in [0.2, 0.25) is 0 Å². The van der Waals surface area contributed by atoms with E-state index < -0.39 is 13.7 Å². The fraction of sp³-hybridized carbons (Fsp3) is 0.667. The largest absolute Gasteiger partial charge is 0.469 e. The van der Waals surface area contributed by atoms with Gasteiger partial charge in [0.25, 0.3) is 0 Å². The second kappa shape index (κ2) is 5.29. The van der Waals surface area contributed by atoms with E-state index in [-0.39, 0.29) is 25.0 Å². The number of carbonyl (C=O) groups excluding carboxylic acids is 1. The van der Waals surface area contributed by atoms with Gasteiger partial charge in [0.2, 0.25) is 0 Å². The summed E-state index contributed by atoms with van der Waals surface area (Å²) in [7, 11) is -2.82. The molecule has 0 spiro atoms. The average Bonchev–Trinajstić information content (AvgIpc) is 2.22. The predicted octanol–water partition coefficient (Wildman–Crippen LogP) is -0.542. The Morgan fingerprint density at radius 2 is 2.18 bits per heavy atom. The number of phosphoric ester groups is 1. The Kier molecular flexibility index (Phi) is 4.46. The standard InChI is InChI=1S/C9H17N2O5P/c1-6-9(12)8(3-10)7(4-11(6)2)5-16-17(13,14)15/h4,6,8H,3,5,10H2,1-2H3,(H2,13,14,15). The van der Waals surface area contributed by atoms with Crippen LogP contribution in [0.25, 0.3) is 0 Å². The minimum Gasteiger partial charge on any atom is -0.371 e. The molecule has 0 aromatic rings. The summed E-state index contributed by atoms with van der Waals surface area (Å²) in [4.78, 5) is 30.8. The molecule has 2 unspecified atom stereocenters. The topological polar surface area (TPSA) is 113 Å². The van der Waals surface area contributed by atoms with E-state index in [0.29, 0.717) is 5.57 Å². The fourth-order valence-electron chi connectivity index (χ4n) is 1.70. The van der Waals surface area contributed by atoms with Gasteiger partial charge in [-0.2, -0.15) is 0 Å². The monoisotopic (exact) mass is 264 g/mol. The molecule has 1 aliphatic heterocycles. The normalized spacial score (nSPS) is 26.1. The molecule has 0 aliphatic carbocycles. The number of nitrogens with zero attached hydrogens (tertiary/aromatic N) is 1. The highest BCUT2D eigenvalue weighted by atomic mass is 31.2. The molecule has 1 heterocycles. The van der Waals surface area contributed by atoms with E-state index in [1.54, 1.807) is 25.1 Å². The second-order valence-electron chi connectivity index (χ2n) is 4.00. The molecule has 0 aromatic carbocycles. The lowest BCUT2D eigenvalue weighted by atomic mass is 9.88. The van der Waals surface area contributed by atoms with Crippen LogP contribution in [0.15, 0.2) is 11.8 Å². The van der Waals surface area contributed by atoms with Crippen molar-refractivity contribution in [1.29, 1.82) is 0 Å². The molecular formula is C9H17N2O5P. The van der Waals surface area contributed by atoms with E-state index in [2.05, 4.69) is 4.52 Å². The number of likely N-dealkylation sites (N-methyl/N-ethyl adjacent to an activating group) is 1. The minimum atomic E-state index is -4.54. The molecule has 0 saturated carbocycles. The van der Waals surface area contributed by atoms with Gasteiger partial charge < -0.3 is 20.4 Å². The predicted molar refractivity (Wildman–Crippen MR) is 60.9 cm³/mol. The van der Waals surface area contributed by atoms with Gasteiger partial charge in [-0.1, -0.05) is 0 Å². The second-order valence-corrected chi connectivity index (χ2v) is 5.24. The van der Waals surface area contributed by atoms with Gasteiger partial charge in [-0.05, 0) is 12.5 Å². The summed E-state index contributed by atoms with van der Waals surface area (Å²) in [5.41, 5.74) is 5.99. The first-order chi connectivity index (χ1) is 7.76. The van der Waals surface area contributed by atoms with Gasteiger partial charge >= 0.3 is 7.82 Å². The number of nitrogens with two attached hydrogens (primary N) is 1. The number of hydrogen-bond acceptors (Lipinski definition) is 5. The maximum Gasteiger partial charge on any atom is 0.469 e. The van der Waals surface area contributed by atoms with Crippen LogP contribution in [0.1, 0.15) is 6.92 Å². The van der Waals surface area contributed by atoms with Crippen LogP contribution in [0, 0.1) is 5.92 Å². The average molecular weight is 264 g/mol. The highest BCUT2D eigenvalue weighted by molar-refractivity contribution is 7.46. The first-order valence-corrected chi connectivity index (χ1v) is 6.65. The van der Waals surface area contributed by atoms with Gasteiger partial charge in [0, 0.05) is 19.8 Å². The van der Waals surface area contributed by atoms with Crippen LogP contribution in [0.3, 0.4) is 0 Å². The molecule has 0 fully saturated rings. The number of carbonyl (C=O) groups is 1. The molecule has 17 heavy (non-hydrogen) atoms. The van der Waals surface area contributed by atoms with Crippen molar-refractivity contribution >= 4 is 13.6 Å². The Balaban J connectivity index is 2.84. The van der Waals surface area contributed by atoms with Gasteiger partial charge in [-0.25, -0.2) is 4.57 Å². The van der Waals surface area contributed by atoms with Crippen molar-refractivity contribution in [3.05, 3.63) is 11.8 Å². The summed E-state index contributed by atoms with van der Waals surface area (Å²) in [6.07, 6.45) is 1.65. The lowest BCUT2D eigenvalue weighted by Crippen LogP contribution is -2.45. The first kappa shape index (κ1) is 14.3. The number of phosphoric acid groups is 1. The number of hydrogen-bond donors (Lipinski definition) is 3. The highest BCUT2D eigenvalue weighted by Crippen LogP contribution is 2.37. The van der Waals surface area contributed by atoms with E-state index in [4.69, 9.17) is 15.5 Å². The van der Waals surface area contributed by atoms with Crippen LogP contribution in [-0.4, -0.2) is 46.7 Å². The lowest BCUT2D eigenvalue weighted by molar-refractivity contribution is -0.126. The van der Waals surface area contributed by atoms with Crippen molar-refractivity contribution in [2.45, 2.75) is 13.0 Å². The summed E-state index contributed by atoms with van der Waals surface area (Å²) in [6, 6.07) is -0.289. The maximum absolute atomic E-state index is 11.9. The third-order valence-corrected chi connectivity index (χ3v) is 3.28. The molecule has 2 atom stereocenters. The third kappa shape index (κ3) is 3.62. The van der Waals surface area contributed by atoms with Crippen LogP contribution < -0.4 is 5.73 Å². The minimum absolute atomic E-state index is 0.0678. The first-order valence-electron chi connectivity index (χ1n) is 5.12. The SMILES string of the molecule is CC1C(=O)C(CN)C(COP(=O)(O)O)=CN1C. The Morgan fingerprint density at radius 3 is 2.65 bits per heavy atom. The van der Waals surface area contributed by atoms with E-state index in [9.17, 15) is 9.36 Å². The molecule has 1 aliphatic rings. The summed E-state index contributed by atoms with van der Waals surface area (Å²) >= 11 is 0. The quantitative estimate of drug-likeness (QED) is 0.584. The van der Waals surface area contributed by atoms with Crippen LogP contribution in [-0.2, 0) is 13.9 Å². The summed E-state index contributed by atoms with van der Waals surface area (Å²) in [6.45, 7) is 1.56. The molecule has 0 amide bonds. The molecule has 1 rings (SSSR count). The zero-order valence-corrected chi connectivity index (χ0v) is 10.6. The van der Waals surface area contributed by atoms with Gasteiger partial charge in [-0.15, -0.1) is 0 Å². The summed E-state index contributed by atoms with van der Waals surface area (Å²) in [5.74, 6) is -0.602. The van der Waals surface area contributed by atoms with Crippen molar-refractivity contribution in [3.63, 3.8) is 0 Å². The van der Waals surface area contributed by atoms with E-state index in [0.717, 1.165) is 0 Å². The van der Waals surface area contributed by atoms with Gasteiger partial charge in [0.05, 0.1) is 18.6 Å². The Morgan fingerprint density at radius 1 is 1.59 bits per heavy atom. The summed E-state index contributed by atoms with van der Waals surface area (Å²) in [5, 5.41) is 0. The third-order valence-electron chi connectivity index (χ3n) is 2.82. The van der Waals surface area contributed by atoms with E-state index >= 15 is 0 Å². The fourth-order valence-corrected chi connectivity index (χ4v) is 2.02. The molecular weight excluding hydrogens is 247 g/mol. The van der Waals surface area contributed by atoms with Crippen molar-refractivity contribution < 1.29 is 23.7 Å². The lowest BCUT2D eigenvalue weighted by Gasteiger charge is -2.33. The van der Waals surface area contributed by atoms with Crippen molar-refractivity contribution in [1.82, 2.24) is 4.90 Å². The molecule has 7 nitrogen and oxygen atoms in total. The number of ketones is 1.